The van der Waals surface area contributed by atoms with Crippen molar-refractivity contribution in [2.45, 2.75) is 58.4 Å². The van der Waals surface area contributed by atoms with E-state index in [1.807, 2.05) is 0 Å². The smallest absolute Gasteiger partial charge is 0.305 e. The second kappa shape index (κ2) is 8.60. The first-order chi connectivity index (χ1) is 11.1. The Morgan fingerprint density at radius 2 is 1.33 bits per heavy atom. The van der Waals surface area contributed by atoms with Crippen LogP contribution in [0.1, 0.15) is 27.7 Å². The number of rotatable bonds is 5. The Kier molecular flexibility index (Phi) is 7.11. The van der Waals surface area contributed by atoms with Gasteiger partial charge < -0.3 is 28.8 Å². The van der Waals surface area contributed by atoms with Gasteiger partial charge in [0.1, 0.15) is 12.7 Å². The van der Waals surface area contributed by atoms with Crippen molar-refractivity contribution in [1.29, 1.82) is 0 Å². The lowest BCUT2D eigenvalue weighted by molar-refractivity contribution is -0.297. The third kappa shape index (κ3) is 5.78. The van der Waals surface area contributed by atoms with Gasteiger partial charge in [-0.25, -0.2) is 0 Å². The van der Waals surface area contributed by atoms with E-state index in [1.165, 1.54) is 0 Å². The normalized spacial score (nSPS) is 29.3. The first-order valence-corrected chi connectivity index (χ1v) is 7.10. The SMILES string of the molecule is CC(=O)OC[C@H]1OC(OC(C)=O)[C@@H](O)[C@@H](OC(C)=O)[C@@H]1OC(C)=O. The van der Waals surface area contributed by atoms with E-state index in [2.05, 4.69) is 0 Å². The van der Waals surface area contributed by atoms with Crippen LogP contribution in [0.4, 0.5) is 0 Å². The van der Waals surface area contributed by atoms with Crippen molar-refractivity contribution in [2.75, 3.05) is 6.61 Å². The van der Waals surface area contributed by atoms with E-state index in [0.717, 1.165) is 27.7 Å². The number of carbonyl (C=O) groups excluding carboxylic acids is 4. The second-order valence-corrected chi connectivity index (χ2v) is 5.09. The molecule has 1 N–H and O–H groups in total. The van der Waals surface area contributed by atoms with Gasteiger partial charge in [0, 0.05) is 27.7 Å². The predicted octanol–water partition coefficient (Wildman–Crippen LogP) is -0.938. The fraction of sp³-hybridized carbons (Fsp3) is 0.714. The fourth-order valence-corrected chi connectivity index (χ4v) is 2.15. The molecule has 24 heavy (non-hydrogen) atoms. The summed E-state index contributed by atoms with van der Waals surface area (Å²) in [7, 11) is 0. The molecule has 0 aromatic rings. The lowest BCUT2D eigenvalue weighted by Crippen LogP contribution is -2.62. The summed E-state index contributed by atoms with van der Waals surface area (Å²) in [6.07, 6.45) is -6.83. The van der Waals surface area contributed by atoms with Crippen LogP contribution < -0.4 is 0 Å². The minimum Gasteiger partial charge on any atom is -0.463 e. The zero-order chi connectivity index (χ0) is 18.4. The molecule has 1 unspecified atom stereocenters. The van der Waals surface area contributed by atoms with Crippen LogP contribution in [-0.4, -0.2) is 66.3 Å². The first-order valence-electron chi connectivity index (χ1n) is 7.10. The maximum absolute atomic E-state index is 11.3. The summed E-state index contributed by atoms with van der Waals surface area (Å²) >= 11 is 0. The van der Waals surface area contributed by atoms with Crippen molar-refractivity contribution >= 4 is 23.9 Å². The summed E-state index contributed by atoms with van der Waals surface area (Å²) < 4.78 is 25.0. The first kappa shape index (κ1) is 19.8. The summed E-state index contributed by atoms with van der Waals surface area (Å²) in [6, 6.07) is 0. The Balaban J connectivity index is 3.08. The van der Waals surface area contributed by atoms with Crippen LogP contribution in [0.3, 0.4) is 0 Å². The van der Waals surface area contributed by atoms with Gasteiger partial charge in [-0.1, -0.05) is 0 Å². The number of esters is 4. The molecule has 10 heteroatoms. The molecule has 1 rings (SSSR count). The maximum atomic E-state index is 11.3. The number of aliphatic hydroxyl groups is 1. The van der Waals surface area contributed by atoms with Gasteiger partial charge in [0.05, 0.1) is 0 Å². The molecule has 1 heterocycles. The highest BCUT2D eigenvalue weighted by atomic mass is 16.7. The Labute approximate surface area is 137 Å². The summed E-state index contributed by atoms with van der Waals surface area (Å²) in [5.74, 6) is -2.87. The van der Waals surface area contributed by atoms with E-state index in [0.29, 0.717) is 0 Å². The molecule has 0 bridgehead atoms. The van der Waals surface area contributed by atoms with E-state index < -0.39 is 54.6 Å². The van der Waals surface area contributed by atoms with Gasteiger partial charge in [0.15, 0.2) is 18.3 Å². The van der Waals surface area contributed by atoms with Crippen molar-refractivity contribution in [3.8, 4) is 0 Å². The van der Waals surface area contributed by atoms with Gasteiger partial charge in [-0.05, 0) is 0 Å². The van der Waals surface area contributed by atoms with E-state index in [4.69, 9.17) is 23.7 Å². The molecule has 5 atom stereocenters. The molecule has 1 aliphatic heterocycles. The summed E-state index contributed by atoms with van der Waals surface area (Å²) in [5.41, 5.74) is 0. The molecule has 0 aliphatic carbocycles. The number of hydrogen-bond donors (Lipinski definition) is 1. The highest BCUT2D eigenvalue weighted by molar-refractivity contribution is 5.68. The molecule has 10 nitrogen and oxygen atoms in total. The van der Waals surface area contributed by atoms with Gasteiger partial charge in [-0.2, -0.15) is 0 Å². The highest BCUT2D eigenvalue weighted by Gasteiger charge is 2.51. The molecular weight excluding hydrogens is 328 g/mol. The molecule has 136 valence electrons. The van der Waals surface area contributed by atoms with Crippen molar-refractivity contribution in [1.82, 2.24) is 0 Å². The second-order valence-electron chi connectivity index (χ2n) is 5.09. The topological polar surface area (TPSA) is 135 Å². The highest BCUT2D eigenvalue weighted by Crippen LogP contribution is 2.27. The van der Waals surface area contributed by atoms with E-state index in [1.54, 1.807) is 0 Å². The van der Waals surface area contributed by atoms with Crippen molar-refractivity contribution in [3.05, 3.63) is 0 Å². The van der Waals surface area contributed by atoms with E-state index >= 15 is 0 Å². The predicted molar refractivity (Wildman–Crippen MR) is 74.2 cm³/mol. The van der Waals surface area contributed by atoms with Gasteiger partial charge in [0.25, 0.3) is 0 Å². The van der Waals surface area contributed by atoms with Gasteiger partial charge >= 0.3 is 23.9 Å². The number of carbonyl (C=O) groups is 4. The Morgan fingerprint density at radius 3 is 1.79 bits per heavy atom. The Hall–Kier alpha value is -2.20. The van der Waals surface area contributed by atoms with Gasteiger partial charge in [-0.3, -0.25) is 19.2 Å². The number of ether oxygens (including phenoxy) is 5. The Bertz CT molecular complexity index is 486. The van der Waals surface area contributed by atoms with Gasteiger partial charge in [0.2, 0.25) is 6.29 Å². The van der Waals surface area contributed by atoms with Crippen LogP contribution in [0.2, 0.25) is 0 Å². The standard InChI is InChI=1S/C14H20O10/c1-6(15)20-5-10-12(21-7(2)16)13(22-8(3)17)11(19)14(24-10)23-9(4)18/h10-14,19H,5H2,1-4H3/t10-,11+,12-,13-,14?/m1/s1. The van der Waals surface area contributed by atoms with Crippen LogP contribution in [0.25, 0.3) is 0 Å². The lowest BCUT2D eigenvalue weighted by atomic mass is 9.98. The molecule has 1 saturated heterocycles. The van der Waals surface area contributed by atoms with Crippen molar-refractivity contribution in [3.63, 3.8) is 0 Å². The summed E-state index contributed by atoms with van der Waals surface area (Å²) in [4.78, 5) is 44.7. The van der Waals surface area contributed by atoms with Crippen LogP contribution in [0.5, 0.6) is 0 Å². The fourth-order valence-electron chi connectivity index (χ4n) is 2.15. The van der Waals surface area contributed by atoms with E-state index in [-0.39, 0.29) is 6.61 Å². The van der Waals surface area contributed by atoms with Crippen LogP contribution >= 0.6 is 0 Å². The molecule has 1 aliphatic rings. The van der Waals surface area contributed by atoms with Crippen LogP contribution in [-0.2, 0) is 42.9 Å². The average Bonchev–Trinajstić information content (AvgIpc) is 2.42. The molecule has 0 aromatic carbocycles. The maximum Gasteiger partial charge on any atom is 0.305 e. The lowest BCUT2D eigenvalue weighted by Gasteiger charge is -2.42. The van der Waals surface area contributed by atoms with Crippen molar-refractivity contribution < 1.29 is 48.0 Å². The third-order valence-electron chi connectivity index (χ3n) is 2.95. The van der Waals surface area contributed by atoms with Crippen LogP contribution in [0.15, 0.2) is 0 Å². The monoisotopic (exact) mass is 348 g/mol. The Morgan fingerprint density at radius 1 is 0.833 bits per heavy atom. The van der Waals surface area contributed by atoms with Gasteiger partial charge in [-0.15, -0.1) is 0 Å². The average molecular weight is 348 g/mol. The third-order valence-corrected chi connectivity index (χ3v) is 2.95. The zero-order valence-corrected chi connectivity index (χ0v) is 13.7. The molecule has 0 amide bonds. The number of aliphatic hydroxyl groups excluding tert-OH is 1. The van der Waals surface area contributed by atoms with Crippen molar-refractivity contribution in [2.24, 2.45) is 0 Å². The van der Waals surface area contributed by atoms with E-state index in [9.17, 15) is 24.3 Å². The molecule has 1 fully saturated rings. The summed E-state index contributed by atoms with van der Waals surface area (Å²) in [6.45, 7) is 4.09. The van der Waals surface area contributed by atoms with Crippen LogP contribution in [0, 0.1) is 0 Å². The molecule has 0 saturated carbocycles. The number of hydrogen-bond acceptors (Lipinski definition) is 10. The minimum absolute atomic E-state index is 0.366. The quantitative estimate of drug-likeness (QED) is 0.490. The molecular formula is C14H20O10. The molecule has 0 spiro atoms. The molecule has 0 radical (unpaired) electrons. The molecule has 0 aromatic heterocycles. The summed E-state index contributed by atoms with van der Waals surface area (Å²) in [5, 5.41) is 10.2. The largest absolute Gasteiger partial charge is 0.463 e. The zero-order valence-electron chi connectivity index (χ0n) is 13.7. The minimum atomic E-state index is -1.60.